The third-order valence-electron chi connectivity index (χ3n) is 1.33. The van der Waals surface area contributed by atoms with Crippen LogP contribution in [0.1, 0.15) is 11.1 Å². The average Bonchev–Trinajstić information content (AvgIpc) is 2.07. The third-order valence-corrected chi connectivity index (χ3v) is 1.72. The maximum absolute atomic E-state index is 8.43. The minimum absolute atomic E-state index is 0.137. The molecule has 0 spiro atoms. The van der Waals surface area contributed by atoms with Crippen LogP contribution in [0.5, 0.6) is 0 Å². The zero-order valence-electron chi connectivity index (χ0n) is 6.63. The Morgan fingerprint density at radius 3 is 3.00 bits per heavy atom. The van der Waals surface area contributed by atoms with Crippen molar-refractivity contribution in [3.05, 3.63) is 28.5 Å². The molecule has 1 rings (SSSR count). The molecule has 12 heavy (non-hydrogen) atoms. The van der Waals surface area contributed by atoms with E-state index in [1.807, 2.05) is 13.0 Å². The van der Waals surface area contributed by atoms with Gasteiger partial charge >= 0.3 is 0 Å². The van der Waals surface area contributed by atoms with E-state index in [2.05, 4.69) is 16.8 Å². The minimum atomic E-state index is -0.137. The summed E-state index contributed by atoms with van der Waals surface area (Å²) in [6.45, 7) is 1.72. The average molecular weight is 182 g/mol. The van der Waals surface area contributed by atoms with Gasteiger partial charge in [-0.1, -0.05) is 23.4 Å². The summed E-state index contributed by atoms with van der Waals surface area (Å²) in [5.74, 6) is 5.27. The van der Waals surface area contributed by atoms with Crippen LogP contribution in [0.4, 0.5) is 0 Å². The van der Waals surface area contributed by atoms with E-state index in [4.69, 9.17) is 16.7 Å². The van der Waals surface area contributed by atoms with Crippen molar-refractivity contribution in [3.63, 3.8) is 0 Å². The topological polar surface area (TPSA) is 33.1 Å². The zero-order valence-corrected chi connectivity index (χ0v) is 7.39. The number of hydrogen-bond acceptors (Lipinski definition) is 2. The van der Waals surface area contributed by atoms with Crippen LogP contribution in [0, 0.1) is 18.8 Å². The molecule has 0 fully saturated rings. The molecule has 1 heterocycles. The highest BCUT2D eigenvalue weighted by atomic mass is 35.5. The van der Waals surface area contributed by atoms with E-state index >= 15 is 0 Å². The summed E-state index contributed by atoms with van der Waals surface area (Å²) in [5, 5.41) is 8.92. The summed E-state index contributed by atoms with van der Waals surface area (Å²) in [6, 6.07) is 1.83. The Balaban J connectivity index is 2.97. The number of pyridine rings is 1. The van der Waals surface area contributed by atoms with Gasteiger partial charge < -0.3 is 5.11 Å². The molecule has 0 aromatic carbocycles. The van der Waals surface area contributed by atoms with Gasteiger partial charge in [0, 0.05) is 11.8 Å². The predicted molar refractivity (Wildman–Crippen MR) is 47.9 cm³/mol. The largest absolute Gasteiger partial charge is 0.384 e. The standard InChI is InChI=1S/C9H8ClNO/c1-7-5-8(3-2-4-12)6-11-9(7)10/h5-6,12H,4H2,1H3. The summed E-state index contributed by atoms with van der Waals surface area (Å²) in [6.07, 6.45) is 1.58. The normalized spacial score (nSPS) is 8.92. The number of nitrogens with zero attached hydrogens (tertiary/aromatic N) is 1. The molecule has 2 nitrogen and oxygen atoms in total. The highest BCUT2D eigenvalue weighted by molar-refractivity contribution is 6.30. The smallest absolute Gasteiger partial charge is 0.132 e. The molecule has 0 amide bonds. The summed E-state index contributed by atoms with van der Waals surface area (Å²) < 4.78 is 0. The second kappa shape index (κ2) is 4.10. The van der Waals surface area contributed by atoms with Crippen LogP contribution in [-0.2, 0) is 0 Å². The first-order valence-electron chi connectivity index (χ1n) is 3.46. The van der Waals surface area contributed by atoms with E-state index in [1.54, 1.807) is 6.20 Å². The molecule has 0 radical (unpaired) electrons. The van der Waals surface area contributed by atoms with Gasteiger partial charge in [-0.15, -0.1) is 0 Å². The fourth-order valence-electron chi connectivity index (χ4n) is 0.768. The zero-order chi connectivity index (χ0) is 8.97. The molecular weight excluding hydrogens is 174 g/mol. The van der Waals surface area contributed by atoms with Crippen LogP contribution in [0.2, 0.25) is 5.15 Å². The Morgan fingerprint density at radius 2 is 2.42 bits per heavy atom. The van der Waals surface area contributed by atoms with E-state index in [1.165, 1.54) is 0 Å². The number of hydrogen-bond donors (Lipinski definition) is 1. The van der Waals surface area contributed by atoms with Gasteiger partial charge in [0.1, 0.15) is 11.8 Å². The van der Waals surface area contributed by atoms with Gasteiger partial charge in [0.05, 0.1) is 0 Å². The first kappa shape index (κ1) is 9.05. The lowest BCUT2D eigenvalue weighted by atomic mass is 10.2. The van der Waals surface area contributed by atoms with Crippen LogP contribution in [-0.4, -0.2) is 16.7 Å². The molecular formula is C9H8ClNO. The van der Waals surface area contributed by atoms with Crippen LogP contribution in [0.25, 0.3) is 0 Å². The van der Waals surface area contributed by atoms with Crippen LogP contribution >= 0.6 is 11.6 Å². The van der Waals surface area contributed by atoms with Crippen molar-refractivity contribution in [1.29, 1.82) is 0 Å². The molecule has 1 aromatic heterocycles. The molecule has 0 aliphatic carbocycles. The van der Waals surface area contributed by atoms with Gasteiger partial charge in [-0.3, -0.25) is 0 Å². The maximum Gasteiger partial charge on any atom is 0.132 e. The summed E-state index contributed by atoms with van der Waals surface area (Å²) in [7, 11) is 0. The highest BCUT2D eigenvalue weighted by Gasteiger charge is 1.95. The Morgan fingerprint density at radius 1 is 1.67 bits per heavy atom. The molecule has 1 N–H and O–H groups in total. The minimum Gasteiger partial charge on any atom is -0.384 e. The van der Waals surface area contributed by atoms with E-state index in [-0.39, 0.29) is 6.61 Å². The van der Waals surface area contributed by atoms with E-state index < -0.39 is 0 Å². The second-order valence-corrected chi connectivity index (χ2v) is 2.65. The van der Waals surface area contributed by atoms with Crippen molar-refractivity contribution in [3.8, 4) is 11.8 Å². The lowest BCUT2D eigenvalue weighted by Gasteiger charge is -1.95. The van der Waals surface area contributed by atoms with E-state index in [0.29, 0.717) is 5.15 Å². The SMILES string of the molecule is Cc1cc(C#CCO)cnc1Cl. The number of aliphatic hydroxyl groups excluding tert-OH is 1. The number of aromatic nitrogens is 1. The monoisotopic (exact) mass is 181 g/mol. The highest BCUT2D eigenvalue weighted by Crippen LogP contribution is 2.11. The van der Waals surface area contributed by atoms with Crippen molar-refractivity contribution in [2.24, 2.45) is 0 Å². The Hall–Kier alpha value is -1.04. The fraction of sp³-hybridized carbons (Fsp3) is 0.222. The molecule has 0 aliphatic rings. The maximum atomic E-state index is 8.43. The van der Waals surface area contributed by atoms with Gasteiger partial charge in [0.2, 0.25) is 0 Å². The number of aliphatic hydroxyl groups is 1. The quantitative estimate of drug-likeness (QED) is 0.485. The molecule has 0 aliphatic heterocycles. The Kier molecular flexibility index (Phi) is 3.09. The van der Waals surface area contributed by atoms with Crippen molar-refractivity contribution < 1.29 is 5.11 Å². The molecule has 0 saturated heterocycles. The van der Waals surface area contributed by atoms with Crippen molar-refractivity contribution in [2.45, 2.75) is 6.92 Å². The molecule has 3 heteroatoms. The fourth-order valence-corrected chi connectivity index (χ4v) is 0.871. The first-order chi connectivity index (χ1) is 5.74. The van der Waals surface area contributed by atoms with Gasteiger partial charge in [0.25, 0.3) is 0 Å². The lowest BCUT2D eigenvalue weighted by Crippen LogP contribution is -1.84. The molecule has 0 bridgehead atoms. The third kappa shape index (κ3) is 2.23. The van der Waals surface area contributed by atoms with Crippen molar-refractivity contribution in [1.82, 2.24) is 4.98 Å². The van der Waals surface area contributed by atoms with E-state index in [0.717, 1.165) is 11.1 Å². The van der Waals surface area contributed by atoms with Crippen LogP contribution in [0.15, 0.2) is 12.3 Å². The predicted octanol–water partition coefficient (Wildman–Crippen LogP) is 1.39. The van der Waals surface area contributed by atoms with E-state index in [9.17, 15) is 0 Å². The van der Waals surface area contributed by atoms with Gasteiger partial charge in [-0.25, -0.2) is 4.98 Å². The Labute approximate surface area is 76.2 Å². The Bertz CT molecular complexity index is 338. The van der Waals surface area contributed by atoms with Gasteiger partial charge in [0.15, 0.2) is 0 Å². The first-order valence-corrected chi connectivity index (χ1v) is 3.83. The van der Waals surface area contributed by atoms with Crippen molar-refractivity contribution in [2.75, 3.05) is 6.61 Å². The molecule has 0 saturated carbocycles. The summed E-state index contributed by atoms with van der Waals surface area (Å²) >= 11 is 5.71. The molecule has 0 unspecified atom stereocenters. The lowest BCUT2D eigenvalue weighted by molar-refractivity contribution is 0.350. The molecule has 62 valence electrons. The molecule has 1 aromatic rings. The molecule has 0 atom stereocenters. The van der Waals surface area contributed by atoms with Gasteiger partial charge in [-0.2, -0.15) is 0 Å². The van der Waals surface area contributed by atoms with Crippen LogP contribution in [0.3, 0.4) is 0 Å². The van der Waals surface area contributed by atoms with Crippen LogP contribution < -0.4 is 0 Å². The second-order valence-electron chi connectivity index (χ2n) is 2.29. The summed E-state index contributed by atoms with van der Waals surface area (Å²) in [5.41, 5.74) is 1.66. The number of rotatable bonds is 0. The van der Waals surface area contributed by atoms with Crippen molar-refractivity contribution >= 4 is 11.6 Å². The summed E-state index contributed by atoms with van der Waals surface area (Å²) in [4.78, 5) is 3.91. The number of aryl methyl sites for hydroxylation is 1. The number of halogens is 1. The van der Waals surface area contributed by atoms with Gasteiger partial charge in [-0.05, 0) is 18.6 Å².